The van der Waals surface area contributed by atoms with Crippen LogP contribution in [0.3, 0.4) is 0 Å². The summed E-state index contributed by atoms with van der Waals surface area (Å²) < 4.78 is 18.9. The van der Waals surface area contributed by atoms with Crippen LogP contribution in [0.2, 0.25) is 0 Å². The van der Waals surface area contributed by atoms with Gasteiger partial charge in [-0.05, 0) is 37.1 Å². The highest BCUT2D eigenvalue weighted by Gasteiger charge is 2.18. The Morgan fingerprint density at radius 2 is 1.97 bits per heavy atom. The molecule has 1 saturated heterocycles. The van der Waals surface area contributed by atoms with Gasteiger partial charge in [-0.3, -0.25) is 4.79 Å². The topological polar surface area (TPSA) is 67.0 Å². The first-order valence-corrected chi connectivity index (χ1v) is 10.6. The number of halogens is 1. The number of rotatable bonds is 7. The number of H-pyrrole nitrogens is 1. The number of aromatic amines is 1. The van der Waals surface area contributed by atoms with Crippen LogP contribution in [0, 0.1) is 5.82 Å². The molecule has 1 aliphatic heterocycles. The van der Waals surface area contributed by atoms with E-state index in [1.54, 1.807) is 12.1 Å². The lowest BCUT2D eigenvalue weighted by Crippen LogP contribution is -2.32. The van der Waals surface area contributed by atoms with Gasteiger partial charge in [-0.15, -0.1) is 0 Å². The Bertz CT molecular complexity index is 954. The van der Waals surface area contributed by atoms with E-state index < -0.39 is 0 Å². The van der Waals surface area contributed by atoms with Crippen molar-refractivity contribution in [1.82, 2.24) is 15.3 Å². The van der Waals surface area contributed by atoms with E-state index in [2.05, 4.69) is 10.3 Å². The van der Waals surface area contributed by atoms with Gasteiger partial charge in [-0.1, -0.05) is 42.1 Å². The monoisotopic (exact) mass is 411 g/mol. The first-order valence-electron chi connectivity index (χ1n) is 9.61. The summed E-state index contributed by atoms with van der Waals surface area (Å²) in [6, 6.07) is 16.0. The van der Waals surface area contributed by atoms with Crippen molar-refractivity contribution >= 4 is 17.7 Å². The van der Waals surface area contributed by atoms with Crippen LogP contribution in [0.15, 0.2) is 59.6 Å². The fourth-order valence-electron chi connectivity index (χ4n) is 3.22. The summed E-state index contributed by atoms with van der Waals surface area (Å²) in [7, 11) is 0. The zero-order valence-corrected chi connectivity index (χ0v) is 16.7. The van der Waals surface area contributed by atoms with Crippen LogP contribution < -0.4 is 5.32 Å². The predicted molar refractivity (Wildman–Crippen MR) is 112 cm³/mol. The highest BCUT2D eigenvalue weighted by atomic mass is 32.2. The Balaban J connectivity index is 1.50. The summed E-state index contributed by atoms with van der Waals surface area (Å²) in [4.78, 5) is 20.3. The van der Waals surface area contributed by atoms with Gasteiger partial charge in [0, 0.05) is 24.3 Å². The highest BCUT2D eigenvalue weighted by molar-refractivity contribution is 8.00. The predicted octanol–water partition coefficient (Wildman–Crippen LogP) is 4.27. The Labute approximate surface area is 173 Å². The van der Waals surface area contributed by atoms with Crippen molar-refractivity contribution in [3.05, 3.63) is 60.4 Å². The van der Waals surface area contributed by atoms with Crippen LogP contribution in [0.1, 0.15) is 12.8 Å². The van der Waals surface area contributed by atoms with Crippen molar-refractivity contribution < 1.29 is 13.9 Å². The number of ether oxygens (including phenoxy) is 1. The molecule has 4 rings (SSSR count). The molecular formula is C22H22FN3O2S. The van der Waals surface area contributed by atoms with E-state index in [1.165, 1.54) is 23.9 Å². The number of benzene rings is 2. The van der Waals surface area contributed by atoms with Crippen molar-refractivity contribution in [2.24, 2.45) is 0 Å². The number of aromatic nitrogens is 2. The third-order valence-corrected chi connectivity index (χ3v) is 5.72. The molecule has 2 aromatic carbocycles. The molecule has 0 radical (unpaired) electrons. The number of carbonyl (C=O) groups is 1. The second-order valence-electron chi connectivity index (χ2n) is 6.87. The van der Waals surface area contributed by atoms with Crippen molar-refractivity contribution in [3.8, 4) is 22.6 Å². The molecule has 0 saturated carbocycles. The van der Waals surface area contributed by atoms with Gasteiger partial charge in [0.15, 0.2) is 0 Å². The van der Waals surface area contributed by atoms with Crippen molar-refractivity contribution in [2.75, 3.05) is 18.9 Å². The standard InChI is InChI=1S/C22H22FN3O2S/c23-17-10-8-15(9-11-17)20-22(26-21(25-20)16-5-2-1-3-6-16)29-14-19(27)24-13-18-7-4-12-28-18/h1-3,5-6,8-11,18H,4,7,12-14H2,(H,24,27)(H,25,26)/t18-/m1/s1. The van der Waals surface area contributed by atoms with Crippen molar-refractivity contribution in [1.29, 1.82) is 0 Å². The Hall–Kier alpha value is -2.64. The second-order valence-corrected chi connectivity index (χ2v) is 7.83. The Morgan fingerprint density at radius 1 is 1.17 bits per heavy atom. The molecule has 150 valence electrons. The van der Waals surface area contributed by atoms with Crippen molar-refractivity contribution in [3.63, 3.8) is 0 Å². The maximum atomic E-state index is 13.3. The van der Waals surface area contributed by atoms with Gasteiger partial charge < -0.3 is 15.0 Å². The molecule has 0 aliphatic carbocycles. The molecule has 1 fully saturated rings. The number of imidazole rings is 1. The minimum atomic E-state index is -0.292. The van der Waals surface area contributed by atoms with Crippen LogP contribution in [-0.2, 0) is 9.53 Å². The van der Waals surface area contributed by atoms with Gasteiger partial charge >= 0.3 is 0 Å². The second kappa shape index (κ2) is 9.24. The quantitative estimate of drug-likeness (QED) is 0.570. The maximum absolute atomic E-state index is 13.3. The van der Waals surface area contributed by atoms with E-state index in [1.807, 2.05) is 30.3 Å². The summed E-state index contributed by atoms with van der Waals surface area (Å²) in [5, 5.41) is 3.64. The molecule has 1 amide bonds. The molecule has 3 aromatic rings. The van der Waals surface area contributed by atoms with Crippen LogP contribution in [0.5, 0.6) is 0 Å². The van der Waals surface area contributed by atoms with Gasteiger partial charge in [0.05, 0.1) is 17.6 Å². The largest absolute Gasteiger partial charge is 0.376 e. The highest BCUT2D eigenvalue weighted by Crippen LogP contribution is 2.32. The fraction of sp³-hybridized carbons (Fsp3) is 0.273. The third kappa shape index (κ3) is 5.05. The molecule has 0 unspecified atom stereocenters. The van der Waals surface area contributed by atoms with Crippen molar-refractivity contribution in [2.45, 2.75) is 24.0 Å². The molecule has 1 aromatic heterocycles. The van der Waals surface area contributed by atoms with Gasteiger partial charge in [0.25, 0.3) is 0 Å². The normalized spacial score (nSPS) is 16.1. The lowest BCUT2D eigenvalue weighted by atomic mass is 10.2. The van der Waals surface area contributed by atoms with E-state index in [9.17, 15) is 9.18 Å². The molecule has 2 heterocycles. The average Bonchev–Trinajstić information content (AvgIpc) is 3.42. The first kappa shape index (κ1) is 19.7. The molecule has 0 spiro atoms. The number of carbonyl (C=O) groups excluding carboxylic acids is 1. The number of hydrogen-bond donors (Lipinski definition) is 2. The number of amides is 1. The molecule has 0 bridgehead atoms. The summed E-state index contributed by atoms with van der Waals surface area (Å²) in [5.74, 6) is 0.617. The number of nitrogens with one attached hydrogen (secondary N) is 2. The number of nitrogens with zero attached hydrogens (tertiary/aromatic N) is 1. The Kier molecular flexibility index (Phi) is 6.27. The summed E-state index contributed by atoms with van der Waals surface area (Å²) in [5.41, 5.74) is 2.55. The number of thioether (sulfide) groups is 1. The molecular weight excluding hydrogens is 389 g/mol. The van der Waals surface area contributed by atoms with Crippen LogP contribution in [-0.4, -0.2) is 40.9 Å². The van der Waals surface area contributed by atoms with E-state index >= 15 is 0 Å². The molecule has 7 heteroatoms. The van der Waals surface area contributed by atoms with Gasteiger partial charge in [-0.2, -0.15) is 0 Å². The summed E-state index contributed by atoms with van der Waals surface area (Å²) in [6.45, 7) is 1.31. The molecule has 5 nitrogen and oxygen atoms in total. The minimum absolute atomic E-state index is 0.0557. The number of hydrogen-bond acceptors (Lipinski definition) is 4. The van der Waals surface area contributed by atoms with Crippen LogP contribution in [0.4, 0.5) is 4.39 Å². The smallest absolute Gasteiger partial charge is 0.230 e. The lowest BCUT2D eigenvalue weighted by Gasteiger charge is -2.10. The minimum Gasteiger partial charge on any atom is -0.376 e. The lowest BCUT2D eigenvalue weighted by molar-refractivity contribution is -0.119. The molecule has 1 atom stereocenters. The van der Waals surface area contributed by atoms with E-state index in [0.29, 0.717) is 17.4 Å². The van der Waals surface area contributed by atoms with Gasteiger partial charge in [0.2, 0.25) is 5.91 Å². The van der Waals surface area contributed by atoms with E-state index in [0.717, 1.165) is 36.3 Å². The zero-order chi connectivity index (χ0) is 20.1. The van der Waals surface area contributed by atoms with Gasteiger partial charge in [0.1, 0.15) is 16.7 Å². The van der Waals surface area contributed by atoms with Crippen LogP contribution in [0.25, 0.3) is 22.6 Å². The summed E-state index contributed by atoms with van der Waals surface area (Å²) >= 11 is 1.36. The Morgan fingerprint density at radius 3 is 2.69 bits per heavy atom. The van der Waals surface area contributed by atoms with Gasteiger partial charge in [-0.25, -0.2) is 9.37 Å². The molecule has 1 aliphatic rings. The SMILES string of the molecule is O=C(CSc1nc(-c2ccccc2)[nH]c1-c1ccc(F)cc1)NC[C@H]1CCCO1. The van der Waals surface area contributed by atoms with Crippen LogP contribution >= 0.6 is 11.8 Å². The third-order valence-electron chi connectivity index (χ3n) is 4.74. The first-order chi connectivity index (χ1) is 14.2. The van der Waals surface area contributed by atoms with E-state index in [-0.39, 0.29) is 23.6 Å². The summed E-state index contributed by atoms with van der Waals surface area (Å²) in [6.07, 6.45) is 2.15. The average molecular weight is 412 g/mol. The molecule has 29 heavy (non-hydrogen) atoms. The van der Waals surface area contributed by atoms with E-state index in [4.69, 9.17) is 9.72 Å². The fourth-order valence-corrected chi connectivity index (χ4v) is 4.06. The maximum Gasteiger partial charge on any atom is 0.230 e. The molecule has 2 N–H and O–H groups in total. The zero-order valence-electron chi connectivity index (χ0n) is 15.9.